The molecule has 7 heteroatoms. The Morgan fingerprint density at radius 2 is 1.92 bits per heavy atom. The lowest BCUT2D eigenvalue weighted by atomic mass is 10.1. The molecule has 1 heterocycles. The minimum absolute atomic E-state index is 0.116. The third kappa shape index (κ3) is 4.00. The Bertz CT molecular complexity index is 847. The molecule has 0 radical (unpaired) electrons. The van der Waals surface area contributed by atoms with E-state index in [0.29, 0.717) is 11.3 Å². The molecular weight excluding hydrogens is 338 g/mol. The van der Waals surface area contributed by atoms with Gasteiger partial charge in [0.2, 0.25) is 0 Å². The molecule has 1 atom stereocenters. The van der Waals surface area contributed by atoms with Gasteiger partial charge in [-0.1, -0.05) is 24.3 Å². The van der Waals surface area contributed by atoms with Gasteiger partial charge in [0.1, 0.15) is 0 Å². The van der Waals surface area contributed by atoms with Crippen molar-refractivity contribution >= 4 is 21.6 Å². The maximum atomic E-state index is 12.6. The molecular formula is C18H21N3O3S. The van der Waals surface area contributed by atoms with Crippen LogP contribution in [-0.2, 0) is 10.0 Å². The molecule has 2 N–H and O–H groups in total. The van der Waals surface area contributed by atoms with Crippen LogP contribution < -0.4 is 10.0 Å². The highest BCUT2D eigenvalue weighted by Crippen LogP contribution is 2.19. The fraction of sp³-hybridized carbons (Fsp3) is 0.278. The van der Waals surface area contributed by atoms with Gasteiger partial charge in [-0.3, -0.25) is 9.52 Å². The van der Waals surface area contributed by atoms with Gasteiger partial charge in [-0.15, -0.1) is 0 Å². The van der Waals surface area contributed by atoms with E-state index < -0.39 is 10.0 Å². The van der Waals surface area contributed by atoms with Gasteiger partial charge in [0.25, 0.3) is 15.9 Å². The molecule has 1 aliphatic rings. The second kappa shape index (κ2) is 7.25. The van der Waals surface area contributed by atoms with Crippen LogP contribution in [0.25, 0.3) is 0 Å². The van der Waals surface area contributed by atoms with Crippen molar-refractivity contribution in [3.8, 4) is 0 Å². The number of likely N-dealkylation sites (N-methyl/N-ethyl adjacent to an activating group) is 1. The lowest BCUT2D eigenvalue weighted by Gasteiger charge is -2.24. The molecule has 1 fully saturated rings. The van der Waals surface area contributed by atoms with Crippen LogP contribution in [0.3, 0.4) is 0 Å². The summed E-state index contributed by atoms with van der Waals surface area (Å²) in [6.07, 6.45) is 0.919. The van der Waals surface area contributed by atoms with Crippen molar-refractivity contribution < 1.29 is 13.2 Å². The van der Waals surface area contributed by atoms with Crippen LogP contribution in [0, 0.1) is 0 Å². The first-order valence-electron chi connectivity index (χ1n) is 8.13. The van der Waals surface area contributed by atoms with E-state index in [1.54, 1.807) is 54.4 Å². The van der Waals surface area contributed by atoms with Crippen molar-refractivity contribution in [3.63, 3.8) is 0 Å². The van der Waals surface area contributed by atoms with E-state index in [9.17, 15) is 13.2 Å². The molecule has 0 bridgehead atoms. The Morgan fingerprint density at radius 3 is 2.60 bits per heavy atom. The SMILES string of the molecule is CN(C(=O)c1cccc(NS(=O)(=O)c2ccccc2)c1)C1CCNC1. The Morgan fingerprint density at radius 1 is 1.16 bits per heavy atom. The fourth-order valence-electron chi connectivity index (χ4n) is 2.87. The zero-order valence-electron chi connectivity index (χ0n) is 14.0. The average molecular weight is 359 g/mol. The van der Waals surface area contributed by atoms with E-state index in [2.05, 4.69) is 10.0 Å². The predicted molar refractivity (Wildman–Crippen MR) is 97.1 cm³/mol. The first kappa shape index (κ1) is 17.4. The molecule has 0 aromatic heterocycles. The lowest BCUT2D eigenvalue weighted by Crippen LogP contribution is -2.38. The number of benzene rings is 2. The maximum absolute atomic E-state index is 12.6. The van der Waals surface area contributed by atoms with Crippen LogP contribution >= 0.6 is 0 Å². The van der Waals surface area contributed by atoms with Gasteiger partial charge in [-0.25, -0.2) is 8.42 Å². The van der Waals surface area contributed by atoms with E-state index in [4.69, 9.17) is 0 Å². The first-order valence-corrected chi connectivity index (χ1v) is 9.61. The summed E-state index contributed by atoms with van der Waals surface area (Å²) in [5.74, 6) is -0.116. The van der Waals surface area contributed by atoms with Gasteiger partial charge in [-0.05, 0) is 43.3 Å². The van der Waals surface area contributed by atoms with Gasteiger partial charge < -0.3 is 10.2 Å². The largest absolute Gasteiger partial charge is 0.337 e. The quantitative estimate of drug-likeness (QED) is 0.855. The van der Waals surface area contributed by atoms with Crippen molar-refractivity contribution in [2.75, 3.05) is 24.9 Å². The van der Waals surface area contributed by atoms with Crippen molar-refractivity contribution in [2.45, 2.75) is 17.4 Å². The van der Waals surface area contributed by atoms with Gasteiger partial charge in [-0.2, -0.15) is 0 Å². The predicted octanol–water partition coefficient (Wildman–Crippen LogP) is 1.92. The van der Waals surface area contributed by atoms with Gasteiger partial charge in [0.05, 0.1) is 4.90 Å². The molecule has 0 spiro atoms. The number of rotatable bonds is 5. The molecule has 1 amide bonds. The zero-order chi connectivity index (χ0) is 17.9. The smallest absolute Gasteiger partial charge is 0.261 e. The second-order valence-corrected chi connectivity index (χ2v) is 7.74. The number of carbonyl (C=O) groups is 1. The topological polar surface area (TPSA) is 78.5 Å². The summed E-state index contributed by atoms with van der Waals surface area (Å²) in [6.45, 7) is 1.68. The number of nitrogens with one attached hydrogen (secondary N) is 2. The number of anilines is 1. The summed E-state index contributed by atoms with van der Waals surface area (Å²) < 4.78 is 27.3. The van der Waals surface area contributed by atoms with Crippen LogP contribution in [-0.4, -0.2) is 45.4 Å². The van der Waals surface area contributed by atoms with Crippen molar-refractivity contribution in [3.05, 3.63) is 60.2 Å². The average Bonchev–Trinajstić information content (AvgIpc) is 3.16. The molecule has 25 heavy (non-hydrogen) atoms. The number of amides is 1. The third-order valence-corrected chi connectivity index (χ3v) is 5.71. The highest BCUT2D eigenvalue weighted by atomic mass is 32.2. The molecule has 6 nitrogen and oxygen atoms in total. The monoisotopic (exact) mass is 359 g/mol. The molecule has 132 valence electrons. The Balaban J connectivity index is 1.78. The minimum atomic E-state index is -3.68. The molecule has 3 rings (SSSR count). The van der Waals surface area contributed by atoms with E-state index in [-0.39, 0.29) is 16.8 Å². The number of hydrogen-bond acceptors (Lipinski definition) is 4. The van der Waals surface area contributed by atoms with Crippen molar-refractivity contribution in [1.82, 2.24) is 10.2 Å². The van der Waals surface area contributed by atoms with E-state index >= 15 is 0 Å². The van der Waals surface area contributed by atoms with Crippen molar-refractivity contribution in [2.24, 2.45) is 0 Å². The molecule has 0 aliphatic carbocycles. The van der Waals surface area contributed by atoms with Crippen molar-refractivity contribution in [1.29, 1.82) is 0 Å². The fourth-order valence-corrected chi connectivity index (χ4v) is 3.94. The van der Waals surface area contributed by atoms with Crippen LogP contribution in [0.1, 0.15) is 16.8 Å². The summed E-state index contributed by atoms with van der Waals surface area (Å²) >= 11 is 0. The second-order valence-electron chi connectivity index (χ2n) is 6.06. The minimum Gasteiger partial charge on any atom is -0.337 e. The highest BCUT2D eigenvalue weighted by molar-refractivity contribution is 7.92. The number of hydrogen-bond donors (Lipinski definition) is 2. The Labute approximate surface area is 147 Å². The third-order valence-electron chi connectivity index (χ3n) is 4.32. The van der Waals surface area contributed by atoms with Crippen LogP contribution in [0.5, 0.6) is 0 Å². The first-order chi connectivity index (χ1) is 12.0. The van der Waals surface area contributed by atoms with Crippen LogP contribution in [0.4, 0.5) is 5.69 Å². The summed E-state index contributed by atoms with van der Waals surface area (Å²) in [5, 5.41) is 3.23. The number of nitrogens with zero attached hydrogens (tertiary/aromatic N) is 1. The zero-order valence-corrected chi connectivity index (χ0v) is 14.8. The summed E-state index contributed by atoms with van der Waals surface area (Å²) in [5.41, 5.74) is 0.829. The molecule has 2 aromatic carbocycles. The van der Waals surface area contributed by atoms with Gasteiger partial charge >= 0.3 is 0 Å². The van der Waals surface area contributed by atoms with E-state index in [1.807, 2.05) is 0 Å². The van der Waals surface area contributed by atoms with Crippen LogP contribution in [0.2, 0.25) is 0 Å². The maximum Gasteiger partial charge on any atom is 0.261 e. The highest BCUT2D eigenvalue weighted by Gasteiger charge is 2.24. The molecule has 1 saturated heterocycles. The summed E-state index contributed by atoms with van der Waals surface area (Å²) in [7, 11) is -1.90. The van der Waals surface area contributed by atoms with E-state index in [1.165, 1.54) is 12.1 Å². The molecule has 1 unspecified atom stereocenters. The van der Waals surface area contributed by atoms with Crippen LogP contribution in [0.15, 0.2) is 59.5 Å². The van der Waals surface area contributed by atoms with Gasteiger partial charge in [0, 0.05) is 30.9 Å². The Kier molecular flexibility index (Phi) is 5.06. The number of carbonyl (C=O) groups excluding carboxylic acids is 1. The summed E-state index contributed by atoms with van der Waals surface area (Å²) in [6, 6.07) is 14.9. The Hall–Kier alpha value is -2.38. The number of sulfonamides is 1. The lowest BCUT2D eigenvalue weighted by molar-refractivity contribution is 0.0744. The van der Waals surface area contributed by atoms with Gasteiger partial charge in [0.15, 0.2) is 0 Å². The molecule has 2 aromatic rings. The molecule has 0 saturated carbocycles. The summed E-state index contributed by atoms with van der Waals surface area (Å²) in [4.78, 5) is 14.5. The standard InChI is InChI=1S/C18H21N3O3S/c1-21(16-10-11-19-13-16)18(22)14-6-5-7-15(12-14)20-25(23,24)17-8-3-2-4-9-17/h2-9,12,16,19-20H,10-11,13H2,1H3. The molecule has 1 aliphatic heterocycles. The normalized spacial score (nSPS) is 17.2. The van der Waals surface area contributed by atoms with E-state index in [0.717, 1.165) is 19.5 Å².